The molecule has 1 heterocycles. The Morgan fingerprint density at radius 2 is 2.22 bits per heavy atom. The molecule has 1 amide bonds. The SMILES string of the molecule is NCC1CCCCC1C(=O)Nc1ccc(=O)[nH]n1. The van der Waals surface area contributed by atoms with Crippen LogP contribution in [0.4, 0.5) is 5.82 Å². The third-order valence-corrected chi connectivity index (χ3v) is 3.48. The number of aromatic amines is 1. The third-order valence-electron chi connectivity index (χ3n) is 3.48. The Labute approximate surface area is 105 Å². The van der Waals surface area contributed by atoms with Gasteiger partial charge in [-0.15, -0.1) is 0 Å². The molecular weight excluding hydrogens is 232 g/mol. The van der Waals surface area contributed by atoms with Crippen molar-refractivity contribution >= 4 is 11.7 Å². The fourth-order valence-electron chi connectivity index (χ4n) is 2.47. The van der Waals surface area contributed by atoms with Gasteiger partial charge in [0.15, 0.2) is 5.82 Å². The highest BCUT2D eigenvalue weighted by Gasteiger charge is 2.30. The van der Waals surface area contributed by atoms with Crippen molar-refractivity contribution in [1.29, 1.82) is 0 Å². The standard InChI is InChI=1S/C12H18N4O2/c13-7-8-3-1-2-4-9(8)12(18)14-10-5-6-11(17)16-15-10/h5-6,8-9H,1-4,7,13H2,(H,16,17)(H,14,15,18). The summed E-state index contributed by atoms with van der Waals surface area (Å²) in [6, 6.07) is 2.83. The molecule has 0 aliphatic heterocycles. The Bertz CT molecular complexity index is 451. The first-order valence-corrected chi connectivity index (χ1v) is 6.27. The molecule has 2 unspecified atom stereocenters. The second kappa shape index (κ2) is 5.77. The number of amides is 1. The van der Waals surface area contributed by atoms with Crippen LogP contribution in [-0.2, 0) is 4.79 Å². The van der Waals surface area contributed by atoms with E-state index in [2.05, 4.69) is 15.5 Å². The maximum atomic E-state index is 12.1. The summed E-state index contributed by atoms with van der Waals surface area (Å²) < 4.78 is 0. The number of rotatable bonds is 3. The van der Waals surface area contributed by atoms with Gasteiger partial charge in [0, 0.05) is 12.0 Å². The summed E-state index contributed by atoms with van der Waals surface area (Å²) in [6.07, 6.45) is 4.08. The van der Waals surface area contributed by atoms with Crippen LogP contribution in [0.15, 0.2) is 16.9 Å². The average molecular weight is 250 g/mol. The molecule has 0 saturated heterocycles. The number of hydrogen-bond acceptors (Lipinski definition) is 4. The number of H-pyrrole nitrogens is 1. The molecule has 2 atom stereocenters. The lowest BCUT2D eigenvalue weighted by Crippen LogP contribution is -2.36. The monoisotopic (exact) mass is 250 g/mol. The molecule has 2 rings (SSSR count). The maximum absolute atomic E-state index is 12.1. The van der Waals surface area contributed by atoms with E-state index in [-0.39, 0.29) is 23.3 Å². The van der Waals surface area contributed by atoms with Gasteiger partial charge < -0.3 is 11.1 Å². The fourth-order valence-corrected chi connectivity index (χ4v) is 2.47. The second-order valence-corrected chi connectivity index (χ2v) is 4.68. The summed E-state index contributed by atoms with van der Waals surface area (Å²) in [5, 5.41) is 8.78. The van der Waals surface area contributed by atoms with Gasteiger partial charge in [-0.3, -0.25) is 9.59 Å². The van der Waals surface area contributed by atoms with Crippen molar-refractivity contribution in [3.05, 3.63) is 22.5 Å². The molecule has 0 radical (unpaired) electrons. The van der Waals surface area contributed by atoms with E-state index >= 15 is 0 Å². The van der Waals surface area contributed by atoms with E-state index in [9.17, 15) is 9.59 Å². The highest BCUT2D eigenvalue weighted by molar-refractivity contribution is 5.91. The van der Waals surface area contributed by atoms with Gasteiger partial charge in [-0.2, -0.15) is 5.10 Å². The van der Waals surface area contributed by atoms with Gasteiger partial charge in [-0.25, -0.2) is 5.10 Å². The van der Waals surface area contributed by atoms with E-state index in [4.69, 9.17) is 5.73 Å². The minimum Gasteiger partial charge on any atom is -0.330 e. The van der Waals surface area contributed by atoms with Crippen LogP contribution in [0, 0.1) is 11.8 Å². The van der Waals surface area contributed by atoms with Crippen LogP contribution in [0.2, 0.25) is 0 Å². The van der Waals surface area contributed by atoms with Gasteiger partial charge in [0.05, 0.1) is 0 Å². The zero-order chi connectivity index (χ0) is 13.0. The van der Waals surface area contributed by atoms with Gasteiger partial charge in [-0.05, 0) is 31.4 Å². The van der Waals surface area contributed by atoms with Gasteiger partial charge in [0.25, 0.3) is 5.56 Å². The molecule has 0 aromatic carbocycles. The van der Waals surface area contributed by atoms with Crippen LogP contribution in [0.25, 0.3) is 0 Å². The normalized spacial score (nSPS) is 23.6. The molecule has 0 bridgehead atoms. The molecule has 6 nitrogen and oxygen atoms in total. The zero-order valence-corrected chi connectivity index (χ0v) is 10.2. The van der Waals surface area contributed by atoms with Crippen molar-refractivity contribution in [3.63, 3.8) is 0 Å². The molecule has 4 N–H and O–H groups in total. The highest BCUT2D eigenvalue weighted by Crippen LogP contribution is 2.30. The number of nitrogens with zero attached hydrogens (tertiary/aromatic N) is 1. The Morgan fingerprint density at radius 1 is 1.44 bits per heavy atom. The predicted molar refractivity (Wildman–Crippen MR) is 68.0 cm³/mol. The molecule has 6 heteroatoms. The van der Waals surface area contributed by atoms with Crippen molar-refractivity contribution in [2.75, 3.05) is 11.9 Å². The molecular formula is C12H18N4O2. The van der Waals surface area contributed by atoms with Gasteiger partial charge >= 0.3 is 0 Å². The van der Waals surface area contributed by atoms with Crippen LogP contribution in [0.5, 0.6) is 0 Å². The van der Waals surface area contributed by atoms with Gasteiger partial charge in [-0.1, -0.05) is 12.8 Å². The first-order chi connectivity index (χ1) is 8.70. The van der Waals surface area contributed by atoms with E-state index in [1.54, 1.807) is 0 Å². The maximum Gasteiger partial charge on any atom is 0.264 e. The number of nitrogens with two attached hydrogens (primary N) is 1. The molecule has 18 heavy (non-hydrogen) atoms. The largest absolute Gasteiger partial charge is 0.330 e. The topological polar surface area (TPSA) is 101 Å². The van der Waals surface area contributed by atoms with Crippen LogP contribution in [0.3, 0.4) is 0 Å². The van der Waals surface area contributed by atoms with E-state index in [1.165, 1.54) is 12.1 Å². The smallest absolute Gasteiger partial charge is 0.264 e. The zero-order valence-electron chi connectivity index (χ0n) is 10.2. The summed E-state index contributed by atoms with van der Waals surface area (Å²) in [5.41, 5.74) is 5.41. The Kier molecular flexibility index (Phi) is 4.09. The predicted octanol–water partition coefficient (Wildman–Crippen LogP) is 0.474. The van der Waals surface area contributed by atoms with E-state index < -0.39 is 0 Å². The number of anilines is 1. The summed E-state index contributed by atoms with van der Waals surface area (Å²) in [7, 11) is 0. The quantitative estimate of drug-likeness (QED) is 0.726. The fraction of sp³-hybridized carbons (Fsp3) is 0.583. The molecule has 98 valence electrons. The minimum atomic E-state index is -0.287. The lowest BCUT2D eigenvalue weighted by molar-refractivity contribution is -0.122. The third kappa shape index (κ3) is 2.95. The van der Waals surface area contributed by atoms with E-state index in [1.807, 2.05) is 0 Å². The number of hydrogen-bond donors (Lipinski definition) is 3. The summed E-state index contributed by atoms with van der Waals surface area (Å²) in [5.74, 6) is 0.532. The minimum absolute atomic E-state index is 0.0440. The second-order valence-electron chi connectivity index (χ2n) is 4.68. The van der Waals surface area contributed by atoms with Crippen molar-refractivity contribution in [1.82, 2.24) is 10.2 Å². The first kappa shape index (κ1) is 12.8. The van der Waals surface area contributed by atoms with Crippen molar-refractivity contribution in [2.24, 2.45) is 17.6 Å². The van der Waals surface area contributed by atoms with E-state index in [0.717, 1.165) is 25.7 Å². The van der Waals surface area contributed by atoms with Gasteiger partial charge in [0.2, 0.25) is 5.91 Å². The van der Waals surface area contributed by atoms with Crippen molar-refractivity contribution < 1.29 is 4.79 Å². The molecule has 1 saturated carbocycles. The van der Waals surface area contributed by atoms with Crippen LogP contribution in [0.1, 0.15) is 25.7 Å². The van der Waals surface area contributed by atoms with Gasteiger partial charge in [0.1, 0.15) is 0 Å². The summed E-state index contributed by atoms with van der Waals surface area (Å²) in [4.78, 5) is 23.0. The number of carbonyl (C=O) groups excluding carboxylic acids is 1. The lowest BCUT2D eigenvalue weighted by Gasteiger charge is -2.29. The van der Waals surface area contributed by atoms with Crippen molar-refractivity contribution in [2.45, 2.75) is 25.7 Å². The molecule has 1 aromatic rings. The summed E-state index contributed by atoms with van der Waals surface area (Å²) in [6.45, 7) is 0.539. The molecule has 0 spiro atoms. The Hall–Kier alpha value is -1.69. The lowest BCUT2D eigenvalue weighted by atomic mass is 9.79. The van der Waals surface area contributed by atoms with Crippen LogP contribution in [-0.4, -0.2) is 22.6 Å². The molecule has 1 fully saturated rings. The first-order valence-electron chi connectivity index (χ1n) is 6.27. The molecule has 1 aliphatic carbocycles. The average Bonchev–Trinajstić information content (AvgIpc) is 2.41. The summed E-state index contributed by atoms with van der Waals surface area (Å²) >= 11 is 0. The number of carbonyl (C=O) groups is 1. The molecule has 1 aliphatic rings. The van der Waals surface area contributed by atoms with E-state index in [0.29, 0.717) is 12.4 Å². The van der Waals surface area contributed by atoms with Crippen molar-refractivity contribution in [3.8, 4) is 0 Å². The molecule has 1 aromatic heterocycles. The highest BCUT2D eigenvalue weighted by atomic mass is 16.2. The Balaban J connectivity index is 2.02. The van der Waals surface area contributed by atoms with Crippen LogP contribution >= 0.6 is 0 Å². The number of aromatic nitrogens is 2. The number of nitrogens with one attached hydrogen (secondary N) is 2. The van der Waals surface area contributed by atoms with Crippen LogP contribution < -0.4 is 16.6 Å². The Morgan fingerprint density at radius 3 is 2.89 bits per heavy atom.